The van der Waals surface area contributed by atoms with Crippen LogP contribution in [-0.4, -0.2) is 58.0 Å². The normalized spacial score (nSPS) is 20.4. The number of amides is 1. The zero-order chi connectivity index (χ0) is 23.2. The van der Waals surface area contributed by atoms with Crippen molar-refractivity contribution in [1.29, 1.82) is 0 Å². The van der Waals surface area contributed by atoms with Crippen molar-refractivity contribution in [1.82, 2.24) is 20.0 Å². The zero-order valence-electron chi connectivity index (χ0n) is 19.1. The van der Waals surface area contributed by atoms with Gasteiger partial charge in [-0.15, -0.1) is 0 Å². The van der Waals surface area contributed by atoms with Gasteiger partial charge >= 0.3 is 0 Å². The van der Waals surface area contributed by atoms with Crippen LogP contribution < -0.4 is 10.6 Å². The summed E-state index contributed by atoms with van der Waals surface area (Å²) in [6, 6.07) is 3.87. The number of fused-ring (bicyclic) bond motifs is 1. The number of anilines is 1. The van der Waals surface area contributed by atoms with Gasteiger partial charge in [-0.05, 0) is 62.5 Å². The van der Waals surface area contributed by atoms with Crippen molar-refractivity contribution in [3.63, 3.8) is 0 Å². The summed E-state index contributed by atoms with van der Waals surface area (Å²) in [7, 11) is 1.96. The number of alkyl halides is 2. The third-order valence-electron chi connectivity index (χ3n) is 7.05. The van der Waals surface area contributed by atoms with Gasteiger partial charge in [0.2, 0.25) is 5.92 Å². The van der Waals surface area contributed by atoms with E-state index >= 15 is 0 Å². The minimum absolute atomic E-state index is 0.188. The number of carbonyl (C=O) groups excluding carboxylic acids is 1. The van der Waals surface area contributed by atoms with E-state index in [0.717, 1.165) is 53.3 Å². The molecule has 33 heavy (non-hydrogen) atoms. The molecule has 2 aromatic rings. The second kappa shape index (κ2) is 8.52. The molecule has 2 N–H and O–H groups in total. The first-order valence-corrected chi connectivity index (χ1v) is 11.7. The first kappa shape index (κ1) is 22.0. The molecule has 1 aliphatic carbocycles. The lowest BCUT2D eigenvalue weighted by molar-refractivity contribution is -0.116. The molecule has 0 unspecified atom stereocenters. The van der Waals surface area contributed by atoms with Crippen LogP contribution in [0.5, 0.6) is 0 Å². The van der Waals surface area contributed by atoms with E-state index in [1.165, 1.54) is 6.42 Å². The molecule has 0 radical (unpaired) electrons. The molecule has 5 rings (SSSR count). The smallest absolute Gasteiger partial charge is 0.270 e. The van der Waals surface area contributed by atoms with Gasteiger partial charge in [0, 0.05) is 49.3 Å². The van der Waals surface area contributed by atoms with Gasteiger partial charge in [0.05, 0.1) is 11.9 Å². The highest BCUT2D eigenvalue weighted by atomic mass is 19.3. The molecule has 0 spiro atoms. The van der Waals surface area contributed by atoms with Gasteiger partial charge in [-0.2, -0.15) is 5.10 Å². The van der Waals surface area contributed by atoms with Crippen molar-refractivity contribution in [2.75, 3.05) is 25.1 Å². The Morgan fingerprint density at radius 1 is 1.24 bits per heavy atom. The maximum absolute atomic E-state index is 13.5. The summed E-state index contributed by atoms with van der Waals surface area (Å²) in [4.78, 5) is 20.0. The van der Waals surface area contributed by atoms with Crippen molar-refractivity contribution < 1.29 is 13.6 Å². The lowest BCUT2D eigenvalue weighted by Gasteiger charge is -2.31. The molecule has 0 bridgehead atoms. The Morgan fingerprint density at radius 3 is 2.70 bits per heavy atom. The molecule has 3 aliphatic rings. The average molecular weight is 457 g/mol. The van der Waals surface area contributed by atoms with Crippen LogP contribution in [0.3, 0.4) is 0 Å². The van der Waals surface area contributed by atoms with E-state index in [0.29, 0.717) is 12.4 Å². The van der Waals surface area contributed by atoms with Gasteiger partial charge in [0.1, 0.15) is 12.4 Å². The Morgan fingerprint density at radius 2 is 2.00 bits per heavy atom. The van der Waals surface area contributed by atoms with Crippen LogP contribution >= 0.6 is 0 Å². The van der Waals surface area contributed by atoms with Crippen LogP contribution in [0.2, 0.25) is 0 Å². The zero-order valence-corrected chi connectivity index (χ0v) is 19.1. The Hall–Kier alpha value is -2.81. The molecule has 1 saturated heterocycles. The average Bonchev–Trinajstić information content (AvgIpc) is 3.12. The molecule has 3 heterocycles. The maximum atomic E-state index is 13.5. The maximum Gasteiger partial charge on any atom is 0.270 e. The Balaban J connectivity index is 1.42. The molecule has 0 atom stereocenters. The Kier molecular flexibility index (Phi) is 5.68. The van der Waals surface area contributed by atoms with E-state index in [1.807, 2.05) is 30.9 Å². The molecular weight excluding hydrogens is 426 g/mol. The number of rotatable bonds is 5. The SMILES string of the molecule is Cc1cc(-c2cnn(C)c2CN2CCC2)cc2c1NCN=C2C(=O)NC1CCC(F)(F)CC1. The molecule has 1 saturated carbocycles. The lowest BCUT2D eigenvalue weighted by Crippen LogP contribution is -2.44. The number of hydrogen-bond acceptors (Lipinski definition) is 5. The number of aromatic nitrogens is 2. The van der Waals surface area contributed by atoms with E-state index in [9.17, 15) is 13.6 Å². The highest BCUT2D eigenvalue weighted by Gasteiger charge is 2.36. The summed E-state index contributed by atoms with van der Waals surface area (Å²) in [5.41, 5.74) is 6.21. The second-order valence-corrected chi connectivity index (χ2v) is 9.42. The molecule has 7 nitrogen and oxygen atoms in total. The van der Waals surface area contributed by atoms with Crippen LogP contribution in [0.25, 0.3) is 11.1 Å². The van der Waals surface area contributed by atoms with Crippen LogP contribution in [0.1, 0.15) is 48.9 Å². The second-order valence-electron chi connectivity index (χ2n) is 9.42. The number of aryl methyl sites for hydroxylation is 2. The number of aliphatic imine (C=N–C) groups is 1. The highest BCUT2D eigenvalue weighted by molar-refractivity contribution is 6.47. The van der Waals surface area contributed by atoms with E-state index in [-0.39, 0.29) is 37.6 Å². The summed E-state index contributed by atoms with van der Waals surface area (Å²) < 4.78 is 28.9. The van der Waals surface area contributed by atoms with Gasteiger partial charge in [0.25, 0.3) is 5.91 Å². The molecule has 2 fully saturated rings. The van der Waals surface area contributed by atoms with Gasteiger partial charge in [-0.25, -0.2) is 8.78 Å². The topological polar surface area (TPSA) is 74.5 Å². The Labute approximate surface area is 192 Å². The highest BCUT2D eigenvalue weighted by Crippen LogP contribution is 2.35. The number of likely N-dealkylation sites (tertiary alicyclic amines) is 1. The monoisotopic (exact) mass is 456 g/mol. The fourth-order valence-corrected chi connectivity index (χ4v) is 4.92. The van der Waals surface area contributed by atoms with Crippen LogP contribution in [0.4, 0.5) is 14.5 Å². The fraction of sp³-hybridized carbons (Fsp3) is 0.542. The first-order valence-electron chi connectivity index (χ1n) is 11.7. The molecule has 176 valence electrons. The molecular formula is C24H30F2N6O. The van der Waals surface area contributed by atoms with E-state index < -0.39 is 5.92 Å². The molecule has 9 heteroatoms. The van der Waals surface area contributed by atoms with E-state index in [2.05, 4.69) is 31.7 Å². The minimum atomic E-state index is -2.62. The minimum Gasteiger partial charge on any atom is -0.365 e. The third-order valence-corrected chi connectivity index (χ3v) is 7.05. The predicted molar refractivity (Wildman–Crippen MR) is 124 cm³/mol. The van der Waals surface area contributed by atoms with Gasteiger partial charge in [0.15, 0.2) is 0 Å². The standard InChI is InChI=1S/C24H30F2N6O/c1-15-10-16(19-12-29-31(2)20(19)13-32-8-3-9-32)11-18-21(15)27-14-28-22(18)23(33)30-17-4-6-24(25,26)7-5-17/h10-12,17,27H,3-9,13-14H2,1-2H3,(H,30,33). The van der Waals surface area contributed by atoms with Crippen molar-refractivity contribution in [3.05, 3.63) is 35.2 Å². The summed E-state index contributed by atoms with van der Waals surface area (Å²) in [5.74, 6) is -2.92. The summed E-state index contributed by atoms with van der Waals surface area (Å²) in [5, 5.41) is 10.7. The summed E-state index contributed by atoms with van der Waals surface area (Å²) >= 11 is 0. The number of benzene rings is 1. The van der Waals surface area contributed by atoms with Crippen LogP contribution in [0, 0.1) is 6.92 Å². The quantitative estimate of drug-likeness (QED) is 0.723. The number of carbonyl (C=O) groups is 1. The number of nitrogens with zero attached hydrogens (tertiary/aromatic N) is 4. The summed E-state index contributed by atoms with van der Waals surface area (Å²) in [6.45, 7) is 5.37. The molecule has 1 aromatic carbocycles. The van der Waals surface area contributed by atoms with Gasteiger partial charge < -0.3 is 10.6 Å². The summed E-state index contributed by atoms with van der Waals surface area (Å²) in [6.07, 6.45) is 3.30. The van der Waals surface area contributed by atoms with Gasteiger partial charge in [-0.1, -0.05) is 0 Å². The van der Waals surface area contributed by atoms with E-state index in [4.69, 9.17) is 0 Å². The van der Waals surface area contributed by atoms with Gasteiger partial charge in [-0.3, -0.25) is 19.4 Å². The predicted octanol–water partition coefficient (Wildman–Crippen LogP) is 3.47. The first-order chi connectivity index (χ1) is 15.8. The fourth-order valence-electron chi connectivity index (χ4n) is 4.92. The lowest BCUT2D eigenvalue weighted by atomic mass is 9.91. The van der Waals surface area contributed by atoms with Crippen molar-refractivity contribution in [2.24, 2.45) is 12.0 Å². The number of hydrogen-bond donors (Lipinski definition) is 2. The molecule has 1 amide bonds. The third kappa shape index (κ3) is 4.38. The molecule has 2 aliphatic heterocycles. The number of halogens is 2. The Bertz CT molecular complexity index is 1090. The largest absolute Gasteiger partial charge is 0.365 e. The van der Waals surface area contributed by atoms with Crippen LogP contribution in [-0.2, 0) is 18.4 Å². The number of nitrogens with one attached hydrogen (secondary N) is 2. The van der Waals surface area contributed by atoms with Crippen molar-refractivity contribution in [2.45, 2.75) is 57.5 Å². The van der Waals surface area contributed by atoms with Crippen molar-refractivity contribution >= 4 is 17.3 Å². The van der Waals surface area contributed by atoms with Crippen LogP contribution in [0.15, 0.2) is 23.3 Å². The molecule has 1 aromatic heterocycles. The van der Waals surface area contributed by atoms with E-state index in [1.54, 1.807) is 0 Å². The van der Waals surface area contributed by atoms with Crippen molar-refractivity contribution in [3.8, 4) is 11.1 Å².